The first-order valence-corrected chi connectivity index (χ1v) is 7.08. The van der Waals surface area contributed by atoms with Crippen LogP contribution in [-0.4, -0.2) is 54.5 Å². The van der Waals surface area contributed by atoms with E-state index >= 15 is 0 Å². The van der Waals surface area contributed by atoms with E-state index in [1.807, 2.05) is 12.1 Å². The van der Waals surface area contributed by atoms with Gasteiger partial charge in [-0.15, -0.1) is 0 Å². The maximum atomic E-state index is 9.73. The monoisotopic (exact) mass is 266 g/mol. The minimum atomic E-state index is -0.346. The predicted octanol–water partition coefficient (Wildman–Crippen LogP) is 0.593. The van der Waals surface area contributed by atoms with Crippen LogP contribution in [0.2, 0.25) is 0 Å². The molecular formula is C14H22N2O3. The summed E-state index contributed by atoms with van der Waals surface area (Å²) in [4.78, 5) is 2.42. The first-order valence-electron chi connectivity index (χ1n) is 7.08. The highest BCUT2D eigenvalue weighted by Gasteiger charge is 2.29. The number of hydrogen-bond donors (Lipinski definition) is 2. The van der Waals surface area contributed by atoms with Gasteiger partial charge >= 0.3 is 0 Å². The zero-order valence-corrected chi connectivity index (χ0v) is 11.1. The van der Waals surface area contributed by atoms with E-state index in [0.717, 1.165) is 38.2 Å². The zero-order chi connectivity index (χ0) is 13.1. The number of nitrogens with one attached hydrogen (secondary N) is 1. The van der Waals surface area contributed by atoms with E-state index in [9.17, 15) is 5.11 Å². The topological polar surface area (TPSA) is 57.9 Å². The molecule has 3 rings (SSSR count). The van der Waals surface area contributed by atoms with Crippen LogP contribution in [0.3, 0.4) is 0 Å². The molecular weight excluding hydrogens is 244 g/mol. The number of aliphatic hydroxyl groups is 1. The summed E-state index contributed by atoms with van der Waals surface area (Å²) >= 11 is 0. The molecule has 2 fully saturated rings. The molecule has 0 bridgehead atoms. The summed E-state index contributed by atoms with van der Waals surface area (Å²) in [5.41, 5.74) is 0. The third kappa shape index (κ3) is 3.36. The molecule has 1 aromatic heterocycles. The van der Waals surface area contributed by atoms with Crippen LogP contribution < -0.4 is 5.32 Å². The normalized spacial score (nSPS) is 29.9. The molecule has 0 aliphatic carbocycles. The molecule has 2 atom stereocenters. The molecule has 0 amide bonds. The average molecular weight is 266 g/mol. The Bertz CT molecular complexity index is 374. The third-order valence-corrected chi connectivity index (χ3v) is 4.05. The fourth-order valence-corrected chi connectivity index (χ4v) is 2.89. The van der Waals surface area contributed by atoms with E-state index in [4.69, 9.17) is 9.15 Å². The Morgan fingerprint density at radius 2 is 2.16 bits per heavy atom. The number of hydrogen-bond acceptors (Lipinski definition) is 5. The summed E-state index contributed by atoms with van der Waals surface area (Å²) < 4.78 is 10.6. The highest BCUT2D eigenvalue weighted by Crippen LogP contribution is 2.16. The fraction of sp³-hybridized carbons (Fsp3) is 0.714. The second-order valence-electron chi connectivity index (χ2n) is 5.51. The van der Waals surface area contributed by atoms with E-state index in [1.165, 1.54) is 0 Å². The molecule has 0 spiro atoms. The molecule has 19 heavy (non-hydrogen) atoms. The SMILES string of the molecule is O[C@H]1COC[C@@H]1NC1CCN(Cc2ccco2)CC1. The predicted molar refractivity (Wildman–Crippen MR) is 70.8 cm³/mol. The summed E-state index contributed by atoms with van der Waals surface area (Å²) in [5, 5.41) is 13.3. The Kier molecular flexibility index (Phi) is 4.18. The van der Waals surface area contributed by atoms with Crippen molar-refractivity contribution in [3.8, 4) is 0 Å². The second kappa shape index (κ2) is 6.05. The Morgan fingerprint density at radius 1 is 1.32 bits per heavy atom. The smallest absolute Gasteiger partial charge is 0.117 e. The number of likely N-dealkylation sites (tertiary alicyclic amines) is 1. The standard InChI is InChI=1S/C14H22N2O3/c17-14-10-18-9-13(14)15-11-3-5-16(6-4-11)8-12-2-1-7-19-12/h1-2,7,11,13-15,17H,3-6,8-10H2/t13-,14-/m0/s1. The maximum absolute atomic E-state index is 9.73. The minimum absolute atomic E-state index is 0.113. The van der Waals surface area contributed by atoms with Gasteiger partial charge in [0, 0.05) is 19.1 Å². The van der Waals surface area contributed by atoms with Gasteiger partial charge in [-0.3, -0.25) is 4.90 Å². The summed E-state index contributed by atoms with van der Waals surface area (Å²) in [6, 6.07) is 4.57. The van der Waals surface area contributed by atoms with E-state index in [1.54, 1.807) is 6.26 Å². The Morgan fingerprint density at radius 3 is 2.79 bits per heavy atom. The zero-order valence-electron chi connectivity index (χ0n) is 11.1. The molecule has 3 heterocycles. The number of furan rings is 1. The molecule has 106 valence electrons. The van der Waals surface area contributed by atoms with Crippen LogP contribution in [0.15, 0.2) is 22.8 Å². The Hall–Kier alpha value is -0.880. The molecule has 2 aliphatic heterocycles. The van der Waals surface area contributed by atoms with Crippen LogP contribution in [0, 0.1) is 0 Å². The van der Waals surface area contributed by atoms with Crippen molar-refractivity contribution in [3.05, 3.63) is 24.2 Å². The van der Waals surface area contributed by atoms with Crippen molar-refractivity contribution in [2.75, 3.05) is 26.3 Å². The lowest BCUT2D eigenvalue weighted by atomic mass is 10.0. The number of aliphatic hydroxyl groups excluding tert-OH is 1. The lowest BCUT2D eigenvalue weighted by Crippen LogP contribution is -2.49. The van der Waals surface area contributed by atoms with Crippen molar-refractivity contribution in [1.29, 1.82) is 0 Å². The molecule has 0 radical (unpaired) electrons. The second-order valence-corrected chi connectivity index (χ2v) is 5.51. The van der Waals surface area contributed by atoms with E-state index < -0.39 is 0 Å². The van der Waals surface area contributed by atoms with Gasteiger partial charge < -0.3 is 19.6 Å². The van der Waals surface area contributed by atoms with Gasteiger partial charge in [-0.05, 0) is 25.0 Å². The third-order valence-electron chi connectivity index (χ3n) is 4.05. The molecule has 0 saturated carbocycles. The van der Waals surface area contributed by atoms with Crippen LogP contribution in [-0.2, 0) is 11.3 Å². The lowest BCUT2D eigenvalue weighted by molar-refractivity contribution is 0.116. The maximum Gasteiger partial charge on any atom is 0.117 e. The van der Waals surface area contributed by atoms with Crippen LogP contribution in [0.25, 0.3) is 0 Å². The van der Waals surface area contributed by atoms with Gasteiger partial charge in [0.05, 0.1) is 38.2 Å². The largest absolute Gasteiger partial charge is 0.468 e. The highest BCUT2D eigenvalue weighted by atomic mass is 16.5. The summed E-state index contributed by atoms with van der Waals surface area (Å²) in [7, 11) is 0. The number of rotatable bonds is 4. The number of nitrogens with zero attached hydrogens (tertiary/aromatic N) is 1. The highest BCUT2D eigenvalue weighted by molar-refractivity contribution is 4.98. The first kappa shape index (κ1) is 13.1. The van der Waals surface area contributed by atoms with Crippen molar-refractivity contribution in [2.45, 2.75) is 37.6 Å². The molecule has 1 aromatic rings. The van der Waals surface area contributed by atoms with E-state index in [-0.39, 0.29) is 12.1 Å². The molecule has 2 saturated heterocycles. The van der Waals surface area contributed by atoms with Gasteiger partial charge in [-0.25, -0.2) is 0 Å². The Balaban J connectivity index is 1.42. The van der Waals surface area contributed by atoms with Gasteiger partial charge in [0.1, 0.15) is 5.76 Å². The molecule has 0 aromatic carbocycles. The Labute approximate surface area is 113 Å². The molecule has 2 N–H and O–H groups in total. The van der Waals surface area contributed by atoms with Gasteiger partial charge in [-0.1, -0.05) is 0 Å². The van der Waals surface area contributed by atoms with Gasteiger partial charge in [0.25, 0.3) is 0 Å². The van der Waals surface area contributed by atoms with Crippen molar-refractivity contribution < 1.29 is 14.3 Å². The molecule has 0 unspecified atom stereocenters. The van der Waals surface area contributed by atoms with Crippen LogP contribution in [0.1, 0.15) is 18.6 Å². The van der Waals surface area contributed by atoms with Crippen molar-refractivity contribution >= 4 is 0 Å². The summed E-state index contributed by atoms with van der Waals surface area (Å²) in [6.07, 6.45) is 3.61. The molecule has 5 heteroatoms. The van der Waals surface area contributed by atoms with Crippen LogP contribution in [0.4, 0.5) is 0 Å². The minimum Gasteiger partial charge on any atom is -0.468 e. The summed E-state index contributed by atoms with van der Waals surface area (Å²) in [5.74, 6) is 1.03. The summed E-state index contributed by atoms with van der Waals surface area (Å²) in [6.45, 7) is 4.14. The average Bonchev–Trinajstić information content (AvgIpc) is 3.05. The van der Waals surface area contributed by atoms with Crippen molar-refractivity contribution in [3.63, 3.8) is 0 Å². The quantitative estimate of drug-likeness (QED) is 0.835. The van der Waals surface area contributed by atoms with Crippen molar-refractivity contribution in [2.24, 2.45) is 0 Å². The van der Waals surface area contributed by atoms with E-state index in [2.05, 4.69) is 10.2 Å². The lowest BCUT2D eigenvalue weighted by Gasteiger charge is -2.33. The number of piperidine rings is 1. The van der Waals surface area contributed by atoms with Gasteiger partial charge in [-0.2, -0.15) is 0 Å². The van der Waals surface area contributed by atoms with Gasteiger partial charge in [0.15, 0.2) is 0 Å². The fourth-order valence-electron chi connectivity index (χ4n) is 2.89. The van der Waals surface area contributed by atoms with Crippen LogP contribution >= 0.6 is 0 Å². The van der Waals surface area contributed by atoms with E-state index in [0.29, 0.717) is 19.3 Å². The molecule has 2 aliphatic rings. The van der Waals surface area contributed by atoms with Gasteiger partial charge in [0.2, 0.25) is 0 Å². The first-order chi connectivity index (χ1) is 9.31. The van der Waals surface area contributed by atoms with Crippen LogP contribution in [0.5, 0.6) is 0 Å². The molecule has 5 nitrogen and oxygen atoms in total. The number of ether oxygens (including phenoxy) is 1. The van der Waals surface area contributed by atoms with Crippen molar-refractivity contribution in [1.82, 2.24) is 10.2 Å².